The van der Waals surface area contributed by atoms with Crippen LogP contribution in [0.25, 0.3) is 11.3 Å². The monoisotopic (exact) mass is 260 g/mol. The van der Waals surface area contributed by atoms with E-state index in [1.807, 2.05) is 37.4 Å². The van der Waals surface area contributed by atoms with Crippen LogP contribution in [0.4, 0.5) is 0 Å². The number of amides is 1. The van der Waals surface area contributed by atoms with Crippen LogP contribution in [0.5, 0.6) is 0 Å². The van der Waals surface area contributed by atoms with Gasteiger partial charge in [-0.3, -0.25) is 9.78 Å². The highest BCUT2D eigenvalue weighted by Crippen LogP contribution is 2.20. The number of hydrogen-bond donors (Lipinski definition) is 1. The van der Waals surface area contributed by atoms with Crippen LogP contribution in [-0.2, 0) is 11.3 Å². The molecular formula is C14H16N2OS. The Morgan fingerprint density at radius 1 is 1.44 bits per heavy atom. The van der Waals surface area contributed by atoms with E-state index >= 15 is 0 Å². The van der Waals surface area contributed by atoms with E-state index in [9.17, 15) is 4.79 Å². The molecule has 3 nitrogen and oxygen atoms in total. The molecule has 4 heteroatoms. The van der Waals surface area contributed by atoms with Gasteiger partial charge in [-0.15, -0.1) is 0 Å². The van der Waals surface area contributed by atoms with Gasteiger partial charge in [0.2, 0.25) is 5.91 Å². The van der Waals surface area contributed by atoms with Gasteiger partial charge in [0.15, 0.2) is 0 Å². The fraction of sp³-hybridized carbons (Fsp3) is 0.286. The van der Waals surface area contributed by atoms with Crippen molar-refractivity contribution in [3.8, 4) is 11.3 Å². The summed E-state index contributed by atoms with van der Waals surface area (Å²) in [5.74, 6) is 0.0899. The maximum atomic E-state index is 11.5. The van der Waals surface area contributed by atoms with Gasteiger partial charge in [0.05, 0.1) is 5.69 Å². The first-order chi connectivity index (χ1) is 8.66. The zero-order valence-corrected chi connectivity index (χ0v) is 11.3. The molecule has 18 heavy (non-hydrogen) atoms. The second-order valence-corrected chi connectivity index (χ2v) is 5.21. The SMILES string of the molecule is CC(C)C(=O)NCc1ccnc(-c2ccsc2)c1. The molecule has 0 radical (unpaired) electrons. The van der Waals surface area contributed by atoms with Gasteiger partial charge >= 0.3 is 0 Å². The van der Waals surface area contributed by atoms with E-state index in [4.69, 9.17) is 0 Å². The number of hydrogen-bond acceptors (Lipinski definition) is 3. The van der Waals surface area contributed by atoms with Gasteiger partial charge in [-0.2, -0.15) is 11.3 Å². The molecule has 0 atom stereocenters. The molecule has 0 fully saturated rings. The minimum absolute atomic E-state index is 0.0168. The predicted molar refractivity (Wildman–Crippen MR) is 74.2 cm³/mol. The molecule has 0 bridgehead atoms. The molecule has 0 aromatic carbocycles. The Kier molecular flexibility index (Phi) is 4.10. The molecule has 0 saturated heterocycles. The van der Waals surface area contributed by atoms with E-state index in [2.05, 4.69) is 15.7 Å². The molecule has 2 heterocycles. The van der Waals surface area contributed by atoms with Crippen molar-refractivity contribution in [1.82, 2.24) is 10.3 Å². The van der Waals surface area contributed by atoms with Crippen molar-refractivity contribution in [2.24, 2.45) is 5.92 Å². The van der Waals surface area contributed by atoms with Crippen LogP contribution >= 0.6 is 11.3 Å². The third-order valence-corrected chi connectivity index (χ3v) is 3.32. The molecule has 0 saturated carbocycles. The van der Waals surface area contributed by atoms with E-state index in [0.717, 1.165) is 16.8 Å². The summed E-state index contributed by atoms with van der Waals surface area (Å²) < 4.78 is 0. The first kappa shape index (κ1) is 12.8. The van der Waals surface area contributed by atoms with Gasteiger partial charge in [-0.05, 0) is 29.1 Å². The van der Waals surface area contributed by atoms with Gasteiger partial charge in [0, 0.05) is 29.6 Å². The number of nitrogens with one attached hydrogen (secondary N) is 1. The van der Waals surface area contributed by atoms with Crippen molar-refractivity contribution >= 4 is 17.2 Å². The highest BCUT2D eigenvalue weighted by molar-refractivity contribution is 7.08. The summed E-state index contributed by atoms with van der Waals surface area (Å²) in [7, 11) is 0. The first-order valence-corrected chi connectivity index (χ1v) is 6.86. The van der Waals surface area contributed by atoms with Crippen LogP contribution in [0.15, 0.2) is 35.2 Å². The molecule has 0 spiro atoms. The van der Waals surface area contributed by atoms with Crippen LogP contribution in [-0.4, -0.2) is 10.9 Å². The molecule has 1 N–H and O–H groups in total. The zero-order valence-electron chi connectivity index (χ0n) is 10.5. The second-order valence-electron chi connectivity index (χ2n) is 4.43. The average molecular weight is 260 g/mol. The molecule has 0 aliphatic rings. The van der Waals surface area contributed by atoms with Crippen molar-refractivity contribution in [3.05, 3.63) is 40.7 Å². The fourth-order valence-corrected chi connectivity index (χ4v) is 2.20. The molecular weight excluding hydrogens is 244 g/mol. The van der Waals surface area contributed by atoms with E-state index < -0.39 is 0 Å². The normalized spacial score (nSPS) is 10.6. The van der Waals surface area contributed by atoms with Crippen molar-refractivity contribution < 1.29 is 4.79 Å². The summed E-state index contributed by atoms with van der Waals surface area (Å²) in [6.07, 6.45) is 1.78. The molecule has 0 aliphatic carbocycles. The number of thiophene rings is 1. The number of nitrogens with zero attached hydrogens (tertiary/aromatic N) is 1. The lowest BCUT2D eigenvalue weighted by Crippen LogP contribution is -2.27. The standard InChI is InChI=1S/C14H16N2OS/c1-10(2)14(17)16-8-11-3-5-15-13(7-11)12-4-6-18-9-12/h3-7,9-10H,8H2,1-2H3,(H,16,17). The molecule has 1 amide bonds. The largest absolute Gasteiger partial charge is 0.352 e. The van der Waals surface area contributed by atoms with Crippen molar-refractivity contribution in [1.29, 1.82) is 0 Å². The molecule has 0 unspecified atom stereocenters. The highest BCUT2D eigenvalue weighted by atomic mass is 32.1. The van der Waals surface area contributed by atoms with Crippen LogP contribution < -0.4 is 5.32 Å². The maximum absolute atomic E-state index is 11.5. The number of pyridine rings is 1. The summed E-state index contributed by atoms with van der Waals surface area (Å²) in [6, 6.07) is 5.99. The molecule has 0 aliphatic heterocycles. The lowest BCUT2D eigenvalue weighted by molar-refractivity contribution is -0.124. The van der Waals surface area contributed by atoms with Gasteiger partial charge in [0.25, 0.3) is 0 Å². The number of carbonyl (C=O) groups excluding carboxylic acids is 1. The minimum Gasteiger partial charge on any atom is -0.352 e. The molecule has 2 aromatic rings. The second kappa shape index (κ2) is 5.78. The smallest absolute Gasteiger partial charge is 0.222 e. The van der Waals surface area contributed by atoms with Crippen LogP contribution in [0.2, 0.25) is 0 Å². The Labute approximate surface area is 111 Å². The van der Waals surface area contributed by atoms with Crippen molar-refractivity contribution in [2.75, 3.05) is 0 Å². The van der Waals surface area contributed by atoms with E-state index in [1.54, 1.807) is 17.5 Å². The Hall–Kier alpha value is -1.68. The van der Waals surface area contributed by atoms with Crippen LogP contribution in [0.3, 0.4) is 0 Å². The highest BCUT2D eigenvalue weighted by Gasteiger charge is 2.06. The van der Waals surface area contributed by atoms with E-state index in [-0.39, 0.29) is 11.8 Å². The summed E-state index contributed by atoms with van der Waals surface area (Å²) in [5, 5.41) is 7.01. The molecule has 2 rings (SSSR count). The van der Waals surface area contributed by atoms with E-state index in [0.29, 0.717) is 6.54 Å². The quantitative estimate of drug-likeness (QED) is 0.918. The summed E-state index contributed by atoms with van der Waals surface area (Å²) >= 11 is 1.65. The Morgan fingerprint density at radius 3 is 2.94 bits per heavy atom. The first-order valence-electron chi connectivity index (χ1n) is 5.92. The Balaban J connectivity index is 2.06. The van der Waals surface area contributed by atoms with Gasteiger partial charge in [-0.25, -0.2) is 0 Å². The topological polar surface area (TPSA) is 42.0 Å². The number of carbonyl (C=O) groups is 1. The lowest BCUT2D eigenvalue weighted by Gasteiger charge is -2.08. The van der Waals surface area contributed by atoms with Gasteiger partial charge in [-0.1, -0.05) is 13.8 Å². The molecule has 94 valence electrons. The minimum atomic E-state index is 0.0168. The Bertz CT molecular complexity index is 520. The van der Waals surface area contributed by atoms with Gasteiger partial charge in [0.1, 0.15) is 0 Å². The molecule has 2 aromatic heterocycles. The fourth-order valence-electron chi connectivity index (χ4n) is 1.55. The number of aromatic nitrogens is 1. The summed E-state index contributed by atoms with van der Waals surface area (Å²) in [4.78, 5) is 15.8. The Morgan fingerprint density at radius 2 is 2.28 bits per heavy atom. The van der Waals surface area contributed by atoms with E-state index in [1.165, 1.54) is 0 Å². The lowest BCUT2D eigenvalue weighted by atomic mass is 10.1. The third kappa shape index (κ3) is 3.17. The predicted octanol–water partition coefficient (Wildman–Crippen LogP) is 3.08. The third-order valence-electron chi connectivity index (χ3n) is 2.63. The van der Waals surface area contributed by atoms with Crippen molar-refractivity contribution in [3.63, 3.8) is 0 Å². The van der Waals surface area contributed by atoms with Gasteiger partial charge < -0.3 is 5.32 Å². The number of rotatable bonds is 4. The van der Waals surface area contributed by atoms with Crippen LogP contribution in [0, 0.1) is 5.92 Å². The summed E-state index contributed by atoms with van der Waals surface area (Å²) in [6.45, 7) is 4.33. The summed E-state index contributed by atoms with van der Waals surface area (Å²) in [5.41, 5.74) is 3.14. The zero-order chi connectivity index (χ0) is 13.0. The van der Waals surface area contributed by atoms with Crippen molar-refractivity contribution in [2.45, 2.75) is 20.4 Å². The maximum Gasteiger partial charge on any atom is 0.222 e. The van der Waals surface area contributed by atoms with Crippen LogP contribution in [0.1, 0.15) is 19.4 Å². The average Bonchev–Trinajstić information content (AvgIpc) is 2.90.